The zero-order chi connectivity index (χ0) is 20.9. The van der Waals surface area contributed by atoms with Crippen LogP contribution in [0.1, 0.15) is 30.4 Å². The zero-order valence-electron chi connectivity index (χ0n) is 14.8. The number of primary amides is 1. The Bertz CT molecular complexity index is 875. The van der Waals surface area contributed by atoms with Crippen molar-refractivity contribution in [3.63, 3.8) is 0 Å². The summed E-state index contributed by atoms with van der Waals surface area (Å²) in [5.41, 5.74) is -0.135. The smallest absolute Gasteiger partial charge is 0.365 e. The summed E-state index contributed by atoms with van der Waals surface area (Å²) < 4.78 is 82.5. The second-order valence-electron chi connectivity index (χ2n) is 6.72. The molecule has 156 valence electrons. The van der Waals surface area contributed by atoms with Gasteiger partial charge in [0.1, 0.15) is 17.8 Å². The van der Waals surface area contributed by atoms with Gasteiger partial charge in [-0.05, 0) is 19.9 Å². The molecule has 2 saturated heterocycles. The predicted molar refractivity (Wildman–Crippen MR) is 83.8 cm³/mol. The van der Waals surface area contributed by atoms with Crippen molar-refractivity contribution >= 4 is 16.0 Å². The number of hydrogen-bond acceptors (Lipinski definition) is 7. The van der Waals surface area contributed by atoms with E-state index in [4.69, 9.17) is 19.9 Å². The maximum Gasteiger partial charge on any atom is 0.523 e. The van der Waals surface area contributed by atoms with E-state index in [-0.39, 0.29) is 5.56 Å². The maximum atomic E-state index is 12.5. The summed E-state index contributed by atoms with van der Waals surface area (Å²) >= 11 is 0. The molecule has 0 bridgehead atoms. The van der Waals surface area contributed by atoms with Gasteiger partial charge in [0.15, 0.2) is 24.3 Å². The minimum atomic E-state index is -5.79. The highest BCUT2D eigenvalue weighted by Gasteiger charge is 2.60. The van der Waals surface area contributed by atoms with Crippen LogP contribution < -0.4 is 10.3 Å². The van der Waals surface area contributed by atoms with Crippen molar-refractivity contribution in [2.24, 2.45) is 5.73 Å². The molecule has 2 fully saturated rings. The molecule has 1 aromatic rings. The molecule has 28 heavy (non-hydrogen) atoms. The average molecular weight is 427 g/mol. The fourth-order valence-corrected chi connectivity index (χ4v) is 3.50. The predicted octanol–water partition coefficient (Wildman–Crippen LogP) is 0.357. The Balaban J connectivity index is 1.84. The van der Waals surface area contributed by atoms with Crippen LogP contribution in [0.3, 0.4) is 0 Å². The van der Waals surface area contributed by atoms with E-state index < -0.39 is 58.5 Å². The van der Waals surface area contributed by atoms with Crippen LogP contribution in [0.2, 0.25) is 0 Å². The SMILES string of the molecule is CC1(C)O[C@@H]2[C@H](O1)[C@@H](COS(=O)(=O)C(F)(F)F)O[C@H]2[n+]1cccc(C(N)=O)c1. The molecule has 2 aliphatic rings. The fourth-order valence-electron chi connectivity index (χ4n) is 3.05. The van der Waals surface area contributed by atoms with Gasteiger partial charge >= 0.3 is 15.6 Å². The normalized spacial score (nSPS) is 29.6. The molecular weight excluding hydrogens is 409 g/mol. The van der Waals surface area contributed by atoms with Gasteiger partial charge in [0.05, 0.1) is 6.61 Å². The van der Waals surface area contributed by atoms with Crippen LogP contribution in [0.5, 0.6) is 0 Å². The van der Waals surface area contributed by atoms with Gasteiger partial charge in [0.2, 0.25) is 0 Å². The number of carbonyl (C=O) groups excluding carboxylic acids is 1. The van der Waals surface area contributed by atoms with Crippen molar-refractivity contribution in [3.8, 4) is 0 Å². The molecule has 1 aromatic heterocycles. The monoisotopic (exact) mass is 427 g/mol. The molecule has 0 aliphatic carbocycles. The van der Waals surface area contributed by atoms with Gasteiger partial charge in [-0.15, -0.1) is 0 Å². The Morgan fingerprint density at radius 2 is 1.96 bits per heavy atom. The fraction of sp³-hybridized carbons (Fsp3) is 0.600. The van der Waals surface area contributed by atoms with Crippen LogP contribution in [0, 0.1) is 0 Å². The van der Waals surface area contributed by atoms with Crippen molar-refractivity contribution in [3.05, 3.63) is 30.1 Å². The standard InChI is InChI=1S/C15H17F3N2O7S/c1-14(2)26-10-9(7-24-28(22,23)15(16,17)18)25-13(11(10)27-14)20-5-3-4-8(6-20)12(19)21/h3-6,9-11,13H,7H2,1-2H3,(H-,19,21)/p+1/t9-,10-,11-,13-/m1/s1. The van der Waals surface area contributed by atoms with Gasteiger partial charge in [-0.3, -0.25) is 8.98 Å². The van der Waals surface area contributed by atoms with Gasteiger partial charge < -0.3 is 19.9 Å². The molecule has 4 atom stereocenters. The third-order valence-corrected chi connectivity index (χ3v) is 5.21. The summed E-state index contributed by atoms with van der Waals surface area (Å²) in [6.07, 6.45) is -0.835. The molecule has 3 heterocycles. The number of nitrogens with two attached hydrogens (primary N) is 1. The number of halogens is 3. The molecule has 1 amide bonds. The summed E-state index contributed by atoms with van der Waals surface area (Å²) in [6.45, 7) is 2.27. The molecule has 13 heteroatoms. The quantitative estimate of drug-likeness (QED) is 0.409. The number of fused-ring (bicyclic) bond motifs is 1. The second kappa shape index (κ2) is 6.91. The number of pyridine rings is 1. The van der Waals surface area contributed by atoms with Crippen LogP contribution >= 0.6 is 0 Å². The summed E-state index contributed by atoms with van der Waals surface area (Å²) in [5, 5.41) is 0. The number of carbonyl (C=O) groups is 1. The number of hydrogen-bond donors (Lipinski definition) is 1. The molecule has 3 rings (SSSR count). The van der Waals surface area contributed by atoms with Crippen LogP contribution in [-0.2, 0) is 28.5 Å². The lowest BCUT2D eigenvalue weighted by molar-refractivity contribution is -0.766. The number of aromatic nitrogens is 1. The highest BCUT2D eigenvalue weighted by Crippen LogP contribution is 2.41. The van der Waals surface area contributed by atoms with Crippen molar-refractivity contribution in [2.45, 2.75) is 49.7 Å². The zero-order valence-corrected chi connectivity index (χ0v) is 15.6. The van der Waals surface area contributed by atoms with Crippen molar-refractivity contribution in [1.29, 1.82) is 0 Å². The molecule has 9 nitrogen and oxygen atoms in total. The minimum absolute atomic E-state index is 0.167. The van der Waals surface area contributed by atoms with Crippen molar-refractivity contribution in [1.82, 2.24) is 0 Å². The Morgan fingerprint density at radius 1 is 1.32 bits per heavy atom. The lowest BCUT2D eigenvalue weighted by atomic mass is 10.1. The van der Waals surface area contributed by atoms with Gasteiger partial charge in [0, 0.05) is 6.07 Å². The molecule has 0 aromatic carbocycles. The van der Waals surface area contributed by atoms with Gasteiger partial charge in [-0.25, -0.2) is 0 Å². The van der Waals surface area contributed by atoms with Crippen LogP contribution in [0.25, 0.3) is 0 Å². The highest BCUT2D eigenvalue weighted by molar-refractivity contribution is 7.87. The minimum Gasteiger partial charge on any atom is -0.365 e. The number of rotatable bonds is 5. The lowest BCUT2D eigenvalue weighted by Gasteiger charge is -2.22. The summed E-state index contributed by atoms with van der Waals surface area (Å²) in [7, 11) is -5.79. The van der Waals surface area contributed by atoms with E-state index in [0.717, 1.165) is 0 Å². The molecule has 0 saturated carbocycles. The molecule has 0 radical (unpaired) electrons. The van der Waals surface area contributed by atoms with Crippen molar-refractivity contribution in [2.75, 3.05) is 6.61 Å². The summed E-state index contributed by atoms with van der Waals surface area (Å²) in [5.74, 6) is -1.77. The first-order valence-corrected chi connectivity index (χ1v) is 9.49. The topological polar surface area (TPSA) is 118 Å². The van der Waals surface area contributed by atoms with E-state index in [0.29, 0.717) is 0 Å². The van der Waals surface area contributed by atoms with E-state index in [1.807, 2.05) is 0 Å². The molecular formula is C15H18F3N2O7S+. The van der Waals surface area contributed by atoms with E-state index in [1.165, 1.54) is 22.9 Å². The van der Waals surface area contributed by atoms with Crippen LogP contribution in [0.15, 0.2) is 24.5 Å². The molecule has 0 unspecified atom stereocenters. The number of nitrogens with zero attached hydrogens (tertiary/aromatic N) is 1. The molecule has 2 aliphatic heterocycles. The Morgan fingerprint density at radius 3 is 2.57 bits per heavy atom. The lowest BCUT2D eigenvalue weighted by Crippen LogP contribution is -2.46. The first-order valence-electron chi connectivity index (χ1n) is 8.08. The number of ether oxygens (including phenoxy) is 3. The van der Waals surface area contributed by atoms with Gasteiger partial charge in [-0.2, -0.15) is 26.2 Å². The van der Waals surface area contributed by atoms with E-state index in [1.54, 1.807) is 20.0 Å². The number of amides is 1. The number of alkyl halides is 3. The summed E-state index contributed by atoms with van der Waals surface area (Å²) in [6, 6.07) is 3.00. The van der Waals surface area contributed by atoms with Gasteiger partial charge in [0.25, 0.3) is 12.1 Å². The van der Waals surface area contributed by atoms with Gasteiger partial charge in [-0.1, -0.05) is 0 Å². The molecule has 2 N–H and O–H groups in total. The van der Waals surface area contributed by atoms with Crippen LogP contribution in [-0.4, -0.2) is 50.5 Å². The van der Waals surface area contributed by atoms with E-state index in [9.17, 15) is 26.4 Å². The highest BCUT2D eigenvalue weighted by atomic mass is 32.2. The average Bonchev–Trinajstić information content (AvgIpc) is 3.05. The third-order valence-electron chi connectivity index (χ3n) is 4.20. The Kier molecular flexibility index (Phi) is 5.17. The Labute approximate surface area is 158 Å². The third kappa shape index (κ3) is 3.98. The van der Waals surface area contributed by atoms with E-state index >= 15 is 0 Å². The first kappa shape index (κ1) is 20.9. The van der Waals surface area contributed by atoms with E-state index in [2.05, 4.69) is 4.18 Å². The maximum absolute atomic E-state index is 12.5. The second-order valence-corrected chi connectivity index (χ2v) is 8.33. The first-order chi connectivity index (χ1) is 12.8. The Hall–Kier alpha value is -1.80. The van der Waals surface area contributed by atoms with Crippen LogP contribution in [0.4, 0.5) is 13.2 Å². The summed E-state index contributed by atoms with van der Waals surface area (Å²) in [4.78, 5) is 11.4. The molecule has 0 spiro atoms. The largest absolute Gasteiger partial charge is 0.523 e. The van der Waals surface area contributed by atoms with Crippen molar-refractivity contribution < 1.29 is 49.3 Å².